The topological polar surface area (TPSA) is 72.7 Å². The number of benzene rings is 1. The summed E-state index contributed by atoms with van der Waals surface area (Å²) in [5, 5.41) is 15.5. The van der Waals surface area contributed by atoms with E-state index >= 15 is 0 Å². The molecule has 0 aliphatic heterocycles. The summed E-state index contributed by atoms with van der Waals surface area (Å²) < 4.78 is 1.71. The van der Waals surface area contributed by atoms with E-state index in [2.05, 4.69) is 33.8 Å². The number of hydrogen-bond acceptors (Lipinski definition) is 5. The third-order valence-electron chi connectivity index (χ3n) is 4.37. The first kappa shape index (κ1) is 17.0. The van der Waals surface area contributed by atoms with Crippen LogP contribution in [0.4, 0.5) is 0 Å². The van der Waals surface area contributed by atoms with Gasteiger partial charge >= 0.3 is 0 Å². The summed E-state index contributed by atoms with van der Waals surface area (Å²) in [4.78, 5) is 12.4. The first-order valence-electron chi connectivity index (χ1n) is 8.37. The van der Waals surface area contributed by atoms with Crippen LogP contribution in [-0.4, -0.2) is 37.4 Å². The van der Waals surface area contributed by atoms with E-state index in [1.807, 2.05) is 26.0 Å². The second-order valence-electron chi connectivity index (χ2n) is 6.41. The molecule has 1 unspecified atom stereocenters. The molecule has 1 aliphatic carbocycles. The number of aryl methyl sites for hydroxylation is 2. The van der Waals surface area contributed by atoms with E-state index in [-0.39, 0.29) is 11.2 Å². The van der Waals surface area contributed by atoms with Crippen LogP contribution in [0.1, 0.15) is 43.7 Å². The van der Waals surface area contributed by atoms with Crippen molar-refractivity contribution in [2.75, 3.05) is 0 Å². The van der Waals surface area contributed by atoms with Crippen molar-refractivity contribution in [1.82, 2.24) is 25.5 Å². The van der Waals surface area contributed by atoms with Gasteiger partial charge in [-0.3, -0.25) is 4.79 Å². The number of nitrogens with one attached hydrogen (secondary N) is 1. The van der Waals surface area contributed by atoms with Crippen LogP contribution in [0.25, 0.3) is 5.69 Å². The summed E-state index contributed by atoms with van der Waals surface area (Å²) in [5.74, 6) is 0.0575. The number of aromatic nitrogens is 4. The zero-order chi connectivity index (χ0) is 17.1. The van der Waals surface area contributed by atoms with Crippen molar-refractivity contribution in [2.24, 2.45) is 0 Å². The minimum Gasteiger partial charge on any atom is -0.352 e. The van der Waals surface area contributed by atoms with Crippen molar-refractivity contribution < 1.29 is 4.79 Å². The minimum atomic E-state index is -0.235. The van der Waals surface area contributed by atoms with E-state index in [1.54, 1.807) is 4.68 Å². The number of carbonyl (C=O) groups excluding carboxylic acids is 1. The Labute approximate surface area is 146 Å². The van der Waals surface area contributed by atoms with Crippen LogP contribution in [0.3, 0.4) is 0 Å². The zero-order valence-corrected chi connectivity index (χ0v) is 15.1. The number of carbonyl (C=O) groups is 1. The molecule has 3 rings (SSSR count). The fourth-order valence-corrected chi connectivity index (χ4v) is 3.86. The number of thioether (sulfide) groups is 1. The van der Waals surface area contributed by atoms with Gasteiger partial charge in [0.1, 0.15) is 0 Å². The van der Waals surface area contributed by atoms with Crippen molar-refractivity contribution in [3.63, 3.8) is 0 Å². The molecule has 1 saturated carbocycles. The molecule has 1 atom stereocenters. The van der Waals surface area contributed by atoms with E-state index in [1.165, 1.54) is 30.2 Å². The largest absolute Gasteiger partial charge is 0.352 e. The Bertz CT molecular complexity index is 724. The molecular formula is C17H23N5OS. The lowest BCUT2D eigenvalue weighted by Gasteiger charge is -2.16. The standard InChI is InChI=1S/C17H23N5OS/c1-11-8-9-15(12(2)10-11)22-17(19-20-21-22)24-13(3)16(23)18-14-6-4-5-7-14/h8-10,13-14H,4-7H2,1-3H3,(H,18,23). The Morgan fingerprint density at radius 3 is 2.79 bits per heavy atom. The highest BCUT2D eigenvalue weighted by Gasteiger charge is 2.23. The first-order chi connectivity index (χ1) is 11.5. The van der Waals surface area contributed by atoms with E-state index in [0.29, 0.717) is 11.2 Å². The van der Waals surface area contributed by atoms with Crippen molar-refractivity contribution in [2.45, 2.75) is 62.9 Å². The second-order valence-corrected chi connectivity index (χ2v) is 7.72. The van der Waals surface area contributed by atoms with Gasteiger partial charge in [0.2, 0.25) is 11.1 Å². The van der Waals surface area contributed by atoms with E-state index < -0.39 is 0 Å². The number of tetrazole rings is 1. The highest BCUT2D eigenvalue weighted by atomic mass is 32.2. The van der Waals surface area contributed by atoms with Gasteiger partial charge in [0, 0.05) is 6.04 Å². The van der Waals surface area contributed by atoms with Gasteiger partial charge in [0.25, 0.3) is 0 Å². The van der Waals surface area contributed by atoms with Gasteiger partial charge in [-0.05, 0) is 55.7 Å². The molecule has 1 N–H and O–H groups in total. The molecule has 7 heteroatoms. The summed E-state index contributed by atoms with van der Waals surface area (Å²) in [6, 6.07) is 6.47. The Morgan fingerprint density at radius 1 is 1.33 bits per heavy atom. The van der Waals surface area contributed by atoms with Crippen LogP contribution in [0, 0.1) is 13.8 Å². The maximum absolute atomic E-state index is 12.4. The molecule has 1 aliphatic rings. The van der Waals surface area contributed by atoms with Crippen molar-refractivity contribution in [3.05, 3.63) is 29.3 Å². The lowest BCUT2D eigenvalue weighted by Crippen LogP contribution is -2.37. The van der Waals surface area contributed by atoms with E-state index in [4.69, 9.17) is 0 Å². The number of nitrogens with zero attached hydrogens (tertiary/aromatic N) is 4. The normalized spacial score (nSPS) is 16.3. The number of amides is 1. The average molecular weight is 345 g/mol. The fourth-order valence-electron chi connectivity index (χ4n) is 3.05. The van der Waals surface area contributed by atoms with Gasteiger partial charge in [0.15, 0.2) is 0 Å². The minimum absolute atomic E-state index is 0.0575. The predicted molar refractivity (Wildman–Crippen MR) is 94.3 cm³/mol. The van der Waals surface area contributed by atoms with Gasteiger partial charge in [-0.1, -0.05) is 42.3 Å². The molecule has 1 fully saturated rings. The van der Waals surface area contributed by atoms with Crippen molar-refractivity contribution in [3.8, 4) is 5.69 Å². The van der Waals surface area contributed by atoms with Gasteiger partial charge < -0.3 is 5.32 Å². The molecule has 6 nitrogen and oxygen atoms in total. The molecule has 0 radical (unpaired) electrons. The quantitative estimate of drug-likeness (QED) is 0.844. The molecule has 1 aromatic carbocycles. The third kappa shape index (κ3) is 3.77. The summed E-state index contributed by atoms with van der Waals surface area (Å²) in [5.41, 5.74) is 3.24. The predicted octanol–water partition coefficient (Wildman–Crippen LogP) is 2.82. The highest BCUT2D eigenvalue weighted by Crippen LogP contribution is 2.25. The lowest BCUT2D eigenvalue weighted by atomic mass is 10.1. The summed E-state index contributed by atoms with van der Waals surface area (Å²) in [7, 11) is 0. The monoisotopic (exact) mass is 345 g/mol. The van der Waals surface area contributed by atoms with Crippen LogP contribution in [0.5, 0.6) is 0 Å². The van der Waals surface area contributed by atoms with Crippen molar-refractivity contribution >= 4 is 17.7 Å². The van der Waals surface area contributed by atoms with Crippen LogP contribution in [0.2, 0.25) is 0 Å². The summed E-state index contributed by atoms with van der Waals surface area (Å²) in [6.45, 7) is 5.99. The van der Waals surface area contributed by atoms with Gasteiger partial charge in [-0.25, -0.2) is 0 Å². The molecule has 0 saturated heterocycles. The maximum Gasteiger partial charge on any atom is 0.233 e. The summed E-state index contributed by atoms with van der Waals surface area (Å²) in [6.07, 6.45) is 4.59. The number of rotatable bonds is 5. The van der Waals surface area contributed by atoms with Crippen LogP contribution in [0.15, 0.2) is 23.4 Å². The van der Waals surface area contributed by atoms with E-state index in [0.717, 1.165) is 24.1 Å². The van der Waals surface area contributed by atoms with Crippen molar-refractivity contribution in [1.29, 1.82) is 0 Å². The molecule has 0 bridgehead atoms. The Morgan fingerprint density at radius 2 is 2.08 bits per heavy atom. The fraction of sp³-hybridized carbons (Fsp3) is 0.529. The van der Waals surface area contributed by atoms with Gasteiger partial charge in [-0.15, -0.1) is 5.10 Å². The lowest BCUT2D eigenvalue weighted by molar-refractivity contribution is -0.120. The smallest absolute Gasteiger partial charge is 0.233 e. The molecule has 1 aromatic heterocycles. The highest BCUT2D eigenvalue weighted by molar-refractivity contribution is 8.00. The van der Waals surface area contributed by atoms with Gasteiger partial charge in [0.05, 0.1) is 10.9 Å². The Hall–Kier alpha value is -1.89. The molecule has 24 heavy (non-hydrogen) atoms. The Kier molecular flexibility index (Phi) is 5.18. The Balaban J connectivity index is 1.71. The maximum atomic E-state index is 12.4. The summed E-state index contributed by atoms with van der Waals surface area (Å²) >= 11 is 1.39. The molecule has 0 spiro atoms. The van der Waals surface area contributed by atoms with Crippen LogP contribution < -0.4 is 5.32 Å². The zero-order valence-electron chi connectivity index (χ0n) is 14.3. The molecule has 1 heterocycles. The molecular weight excluding hydrogens is 322 g/mol. The molecule has 1 amide bonds. The molecule has 128 valence electrons. The molecule has 2 aromatic rings. The van der Waals surface area contributed by atoms with Crippen LogP contribution in [-0.2, 0) is 4.79 Å². The third-order valence-corrected chi connectivity index (χ3v) is 5.41. The average Bonchev–Trinajstić information content (AvgIpc) is 3.19. The SMILES string of the molecule is Cc1ccc(-n2nnnc2SC(C)C(=O)NC2CCCC2)c(C)c1. The van der Waals surface area contributed by atoms with E-state index in [9.17, 15) is 4.79 Å². The van der Waals surface area contributed by atoms with Gasteiger partial charge in [-0.2, -0.15) is 4.68 Å². The number of hydrogen-bond donors (Lipinski definition) is 1. The second kappa shape index (κ2) is 7.34. The van der Waals surface area contributed by atoms with Crippen LogP contribution >= 0.6 is 11.8 Å². The first-order valence-corrected chi connectivity index (χ1v) is 9.25.